The van der Waals surface area contributed by atoms with Gasteiger partial charge in [-0.2, -0.15) is 0 Å². The Morgan fingerprint density at radius 1 is 1.59 bits per heavy atom. The number of rotatable bonds is 2. The van der Waals surface area contributed by atoms with Crippen LogP contribution in [0.3, 0.4) is 0 Å². The quantitative estimate of drug-likeness (QED) is 0.795. The Labute approximate surface area is 106 Å². The van der Waals surface area contributed by atoms with Gasteiger partial charge >= 0.3 is 0 Å². The number of piperidine rings is 1. The molecule has 1 fully saturated rings. The molecule has 0 spiro atoms. The van der Waals surface area contributed by atoms with Gasteiger partial charge in [0.2, 0.25) is 5.91 Å². The van der Waals surface area contributed by atoms with Crippen molar-refractivity contribution in [1.29, 1.82) is 0 Å². The summed E-state index contributed by atoms with van der Waals surface area (Å²) in [6.45, 7) is 2.82. The van der Waals surface area contributed by atoms with E-state index in [0.717, 1.165) is 25.8 Å². The van der Waals surface area contributed by atoms with Crippen molar-refractivity contribution in [3.05, 3.63) is 23.5 Å². The highest BCUT2D eigenvalue weighted by molar-refractivity contribution is 6.29. The second kappa shape index (κ2) is 5.02. The van der Waals surface area contributed by atoms with E-state index in [1.165, 1.54) is 0 Å². The van der Waals surface area contributed by atoms with Crippen LogP contribution in [0.2, 0.25) is 5.15 Å². The molecule has 0 bridgehead atoms. The van der Waals surface area contributed by atoms with Gasteiger partial charge in [0.1, 0.15) is 5.15 Å². The minimum Gasteiger partial charge on any atom is -0.324 e. The lowest BCUT2D eigenvalue weighted by Gasteiger charge is -2.33. The second-order valence-electron chi connectivity index (χ2n) is 4.54. The van der Waals surface area contributed by atoms with Gasteiger partial charge in [-0.3, -0.25) is 4.79 Å². The lowest BCUT2D eigenvalue weighted by atomic mass is 9.90. The Morgan fingerprint density at radius 2 is 2.41 bits per heavy atom. The maximum atomic E-state index is 12.2. The van der Waals surface area contributed by atoms with Gasteiger partial charge in [0.25, 0.3) is 0 Å². The Kier molecular flexibility index (Phi) is 3.64. The molecule has 2 N–H and O–H groups in total. The summed E-state index contributed by atoms with van der Waals surface area (Å²) in [4.78, 5) is 16.0. The number of anilines is 1. The third-order valence-electron chi connectivity index (χ3n) is 3.10. The average molecular weight is 254 g/mol. The van der Waals surface area contributed by atoms with E-state index in [4.69, 9.17) is 11.6 Å². The zero-order chi connectivity index (χ0) is 12.3. The smallest absolute Gasteiger partial charge is 0.244 e. The topological polar surface area (TPSA) is 54.0 Å². The highest BCUT2D eigenvalue weighted by atomic mass is 35.5. The van der Waals surface area contributed by atoms with Crippen LogP contribution in [0.5, 0.6) is 0 Å². The molecule has 1 aromatic rings. The molecular weight excluding hydrogens is 238 g/mol. The summed E-state index contributed by atoms with van der Waals surface area (Å²) in [6, 6.07) is 3.38. The van der Waals surface area contributed by atoms with Gasteiger partial charge in [0.15, 0.2) is 0 Å². The molecule has 1 saturated heterocycles. The normalized spacial score (nSPS) is 24.4. The third-order valence-corrected chi connectivity index (χ3v) is 3.31. The molecule has 92 valence electrons. The largest absolute Gasteiger partial charge is 0.324 e. The maximum absolute atomic E-state index is 12.2. The summed E-state index contributed by atoms with van der Waals surface area (Å²) in [5.41, 5.74) is 0.206. The Bertz CT molecular complexity index is 416. The molecule has 1 amide bonds. The molecule has 1 unspecified atom stereocenters. The fraction of sp³-hybridized carbons (Fsp3) is 0.500. The monoisotopic (exact) mass is 253 g/mol. The first-order valence-electron chi connectivity index (χ1n) is 5.78. The van der Waals surface area contributed by atoms with E-state index in [2.05, 4.69) is 15.6 Å². The van der Waals surface area contributed by atoms with Crippen molar-refractivity contribution in [3.8, 4) is 0 Å². The molecule has 2 rings (SSSR count). The number of aromatic nitrogens is 1. The molecule has 2 heterocycles. The molecule has 0 radical (unpaired) electrons. The second-order valence-corrected chi connectivity index (χ2v) is 4.92. The number of amides is 1. The summed E-state index contributed by atoms with van der Waals surface area (Å²) in [7, 11) is 0. The summed E-state index contributed by atoms with van der Waals surface area (Å²) in [5, 5.41) is 6.52. The maximum Gasteiger partial charge on any atom is 0.244 e. The fourth-order valence-corrected chi connectivity index (χ4v) is 2.17. The minimum absolute atomic E-state index is 0.0144. The van der Waals surface area contributed by atoms with Gasteiger partial charge in [-0.05, 0) is 44.9 Å². The van der Waals surface area contributed by atoms with Crippen LogP contribution < -0.4 is 10.6 Å². The molecule has 0 saturated carbocycles. The third kappa shape index (κ3) is 2.96. The molecule has 0 aromatic carbocycles. The van der Waals surface area contributed by atoms with Crippen LogP contribution in [-0.4, -0.2) is 23.0 Å². The van der Waals surface area contributed by atoms with E-state index in [9.17, 15) is 4.79 Å². The van der Waals surface area contributed by atoms with Crippen molar-refractivity contribution in [2.24, 2.45) is 0 Å². The Hall–Kier alpha value is -1.13. The van der Waals surface area contributed by atoms with E-state index in [-0.39, 0.29) is 5.91 Å². The summed E-state index contributed by atoms with van der Waals surface area (Å²) < 4.78 is 0. The predicted octanol–water partition coefficient (Wildman–Crippen LogP) is 2.21. The fourth-order valence-electron chi connectivity index (χ4n) is 2.00. The van der Waals surface area contributed by atoms with Gasteiger partial charge in [-0.15, -0.1) is 0 Å². The lowest BCUT2D eigenvalue weighted by Crippen LogP contribution is -2.54. The van der Waals surface area contributed by atoms with Crippen LogP contribution in [0.15, 0.2) is 18.3 Å². The highest BCUT2D eigenvalue weighted by Crippen LogP contribution is 2.21. The number of pyridine rings is 1. The van der Waals surface area contributed by atoms with Gasteiger partial charge in [-0.25, -0.2) is 4.98 Å². The molecule has 1 aliphatic heterocycles. The minimum atomic E-state index is -0.478. The average Bonchev–Trinajstić information content (AvgIpc) is 2.30. The van der Waals surface area contributed by atoms with Crippen molar-refractivity contribution < 1.29 is 4.79 Å². The molecule has 4 nitrogen and oxygen atoms in total. The first-order valence-corrected chi connectivity index (χ1v) is 6.16. The van der Waals surface area contributed by atoms with E-state index >= 15 is 0 Å². The van der Waals surface area contributed by atoms with Crippen molar-refractivity contribution in [3.63, 3.8) is 0 Å². The molecule has 1 atom stereocenters. The molecule has 5 heteroatoms. The van der Waals surface area contributed by atoms with Gasteiger partial charge in [0.05, 0.1) is 5.54 Å². The zero-order valence-electron chi connectivity index (χ0n) is 9.79. The number of carbonyl (C=O) groups is 1. The number of hydrogen-bond acceptors (Lipinski definition) is 3. The van der Waals surface area contributed by atoms with Crippen molar-refractivity contribution in [2.75, 3.05) is 11.9 Å². The first-order chi connectivity index (χ1) is 8.10. The van der Waals surface area contributed by atoms with E-state index < -0.39 is 5.54 Å². The molecule has 17 heavy (non-hydrogen) atoms. The molecule has 1 aliphatic rings. The van der Waals surface area contributed by atoms with Crippen LogP contribution in [-0.2, 0) is 4.79 Å². The van der Waals surface area contributed by atoms with E-state index in [1.807, 2.05) is 6.92 Å². The highest BCUT2D eigenvalue weighted by Gasteiger charge is 2.34. The summed E-state index contributed by atoms with van der Waals surface area (Å²) in [5.74, 6) is -0.0144. The van der Waals surface area contributed by atoms with Crippen LogP contribution >= 0.6 is 11.6 Å². The van der Waals surface area contributed by atoms with Crippen LogP contribution in [0, 0.1) is 0 Å². The Balaban J connectivity index is 2.05. The molecule has 1 aromatic heterocycles. The number of carbonyl (C=O) groups excluding carboxylic acids is 1. The number of nitrogens with zero attached hydrogens (tertiary/aromatic N) is 1. The zero-order valence-corrected chi connectivity index (χ0v) is 10.5. The van der Waals surface area contributed by atoms with Crippen molar-refractivity contribution >= 4 is 23.2 Å². The Morgan fingerprint density at radius 3 is 3.06 bits per heavy atom. The standard InChI is InChI=1S/C12H16ClN3O/c1-12(5-2-3-6-15-12)11(17)16-9-4-7-14-10(13)8-9/h4,7-8,15H,2-3,5-6H2,1H3,(H,14,16,17). The molecular formula is C12H16ClN3O. The number of hydrogen-bond donors (Lipinski definition) is 2. The van der Waals surface area contributed by atoms with Crippen molar-refractivity contribution in [1.82, 2.24) is 10.3 Å². The van der Waals surface area contributed by atoms with E-state index in [1.54, 1.807) is 18.3 Å². The van der Waals surface area contributed by atoms with E-state index in [0.29, 0.717) is 10.8 Å². The number of halogens is 1. The van der Waals surface area contributed by atoms with Gasteiger partial charge in [-0.1, -0.05) is 11.6 Å². The first kappa shape index (κ1) is 12.3. The van der Waals surface area contributed by atoms with Gasteiger partial charge in [0, 0.05) is 11.9 Å². The number of nitrogens with one attached hydrogen (secondary N) is 2. The van der Waals surface area contributed by atoms with Crippen molar-refractivity contribution in [2.45, 2.75) is 31.7 Å². The lowest BCUT2D eigenvalue weighted by molar-refractivity contribution is -0.122. The van der Waals surface area contributed by atoms with Crippen LogP contribution in [0.4, 0.5) is 5.69 Å². The van der Waals surface area contributed by atoms with Crippen LogP contribution in [0.1, 0.15) is 26.2 Å². The summed E-state index contributed by atoms with van der Waals surface area (Å²) >= 11 is 5.77. The predicted molar refractivity (Wildman–Crippen MR) is 68.1 cm³/mol. The SMILES string of the molecule is CC1(C(=O)Nc2ccnc(Cl)c2)CCCCN1. The molecule has 0 aliphatic carbocycles. The van der Waals surface area contributed by atoms with Crippen LogP contribution in [0.25, 0.3) is 0 Å². The summed E-state index contributed by atoms with van der Waals surface area (Å²) in [6.07, 6.45) is 4.64. The van der Waals surface area contributed by atoms with Gasteiger partial charge < -0.3 is 10.6 Å².